The summed E-state index contributed by atoms with van der Waals surface area (Å²) in [7, 11) is 0. The molecule has 0 unspecified atom stereocenters. The Bertz CT molecular complexity index is 2940. The number of rotatable bonds is 4. The number of hydrogen-bond donors (Lipinski definition) is 0. The lowest BCUT2D eigenvalue weighted by Gasteiger charge is -2.19. The molecule has 0 saturated carbocycles. The van der Waals surface area contributed by atoms with E-state index < -0.39 is 0 Å². The second-order valence-electron chi connectivity index (χ2n) is 13.9. The lowest BCUT2D eigenvalue weighted by Crippen LogP contribution is -2.04. The van der Waals surface area contributed by atoms with Gasteiger partial charge in [0, 0.05) is 21.9 Å². The number of nitrogens with zero attached hydrogens (tertiary/aromatic N) is 1. The average molecular weight is 666 g/mol. The van der Waals surface area contributed by atoms with Gasteiger partial charge in [-0.2, -0.15) is 0 Å². The molecule has 10 rings (SSSR count). The van der Waals surface area contributed by atoms with E-state index in [1.807, 2.05) is 12.1 Å². The zero-order valence-electron chi connectivity index (χ0n) is 28.9. The fraction of sp³-hybridized carbons (Fsp3) is 0.0600. The first-order valence-corrected chi connectivity index (χ1v) is 18.1. The molecule has 2 heterocycles. The van der Waals surface area contributed by atoms with Crippen LogP contribution in [0.25, 0.3) is 76.7 Å². The maximum absolute atomic E-state index is 6.22. The molecule has 2 nitrogen and oxygen atoms in total. The molecule has 0 radical (unpaired) electrons. The number of aliphatic imine (C=N–C) groups is 1. The van der Waals surface area contributed by atoms with Crippen LogP contribution in [0.2, 0.25) is 0 Å². The van der Waals surface area contributed by atoms with Crippen molar-refractivity contribution in [3.8, 4) is 11.1 Å². The maximum atomic E-state index is 6.22. The van der Waals surface area contributed by atoms with Gasteiger partial charge in [-0.05, 0) is 110 Å². The van der Waals surface area contributed by atoms with Crippen molar-refractivity contribution in [3.63, 3.8) is 0 Å². The molecule has 52 heavy (non-hydrogen) atoms. The van der Waals surface area contributed by atoms with Crippen LogP contribution in [-0.4, -0.2) is 5.71 Å². The molecule has 9 aromatic rings. The summed E-state index contributed by atoms with van der Waals surface area (Å²) >= 11 is 0. The summed E-state index contributed by atoms with van der Waals surface area (Å²) in [6.07, 6.45) is 4.18. The van der Waals surface area contributed by atoms with Crippen LogP contribution in [0.5, 0.6) is 0 Å². The van der Waals surface area contributed by atoms with Crippen molar-refractivity contribution in [2.75, 3.05) is 0 Å². The zero-order valence-corrected chi connectivity index (χ0v) is 28.9. The highest BCUT2D eigenvalue weighted by Crippen LogP contribution is 2.43. The Balaban J connectivity index is 1.23. The van der Waals surface area contributed by atoms with Crippen molar-refractivity contribution >= 4 is 71.2 Å². The largest absolute Gasteiger partial charge is 0.456 e. The molecular weight excluding hydrogens is 631 g/mol. The van der Waals surface area contributed by atoms with E-state index in [0.29, 0.717) is 0 Å². The van der Waals surface area contributed by atoms with Crippen molar-refractivity contribution in [3.05, 3.63) is 192 Å². The van der Waals surface area contributed by atoms with Gasteiger partial charge in [0.05, 0.1) is 11.4 Å². The number of fused-ring (bicyclic) bond motifs is 9. The van der Waals surface area contributed by atoms with Gasteiger partial charge in [-0.3, -0.25) is 0 Å². The minimum Gasteiger partial charge on any atom is -0.456 e. The number of para-hydroxylation sites is 1. The predicted octanol–water partition coefficient (Wildman–Crippen LogP) is 13.8. The minimum atomic E-state index is 0.908. The molecule has 1 aromatic heterocycles. The van der Waals surface area contributed by atoms with Gasteiger partial charge in [-0.1, -0.05) is 140 Å². The molecule has 0 N–H and O–H groups in total. The van der Waals surface area contributed by atoms with E-state index >= 15 is 0 Å². The highest BCUT2D eigenvalue weighted by molar-refractivity contribution is 6.29. The molecule has 1 aliphatic heterocycles. The Labute approximate surface area is 302 Å². The van der Waals surface area contributed by atoms with Crippen molar-refractivity contribution in [2.45, 2.75) is 19.8 Å². The standard InChI is InChI=1S/C50H35NO/c1-32-23-24-35(33-13-4-2-5-14-33)31-46(34-15-6-3-7-16-34)51-50(32)37-25-27-41-39-17-8-9-18-40(39)43-21-12-20-38(49(43)45(41)30-37)36-26-28-48-44(29-36)42-19-10-11-22-47(42)52-48/h2-22,25-31H,23-24H2,1H3/b35-31+,50-32+,51-46+. The number of allylic oxidation sites excluding steroid dienone is 3. The number of hydrogen-bond acceptors (Lipinski definition) is 2. The zero-order chi connectivity index (χ0) is 34.6. The van der Waals surface area contributed by atoms with Gasteiger partial charge in [0.25, 0.3) is 0 Å². The summed E-state index contributed by atoms with van der Waals surface area (Å²) < 4.78 is 6.22. The van der Waals surface area contributed by atoms with Gasteiger partial charge in [0.1, 0.15) is 11.2 Å². The van der Waals surface area contributed by atoms with Crippen LogP contribution in [0.4, 0.5) is 0 Å². The lowest BCUT2D eigenvalue weighted by molar-refractivity contribution is 0.669. The minimum absolute atomic E-state index is 0.908. The molecule has 2 heteroatoms. The molecule has 0 atom stereocenters. The number of benzene rings is 8. The second kappa shape index (κ2) is 12.4. The van der Waals surface area contributed by atoms with Crippen LogP contribution in [0.1, 0.15) is 36.5 Å². The third kappa shape index (κ3) is 5.07. The van der Waals surface area contributed by atoms with Gasteiger partial charge >= 0.3 is 0 Å². The average Bonchev–Trinajstić information content (AvgIpc) is 3.58. The van der Waals surface area contributed by atoms with E-state index in [4.69, 9.17) is 9.41 Å². The van der Waals surface area contributed by atoms with Crippen LogP contribution < -0.4 is 0 Å². The molecule has 0 aliphatic carbocycles. The summed E-state index contributed by atoms with van der Waals surface area (Å²) in [6.45, 7) is 2.26. The third-order valence-corrected chi connectivity index (χ3v) is 10.8. The molecule has 0 fully saturated rings. The van der Waals surface area contributed by atoms with Crippen LogP contribution in [0.3, 0.4) is 0 Å². The van der Waals surface area contributed by atoms with E-state index in [1.54, 1.807) is 0 Å². The lowest BCUT2D eigenvalue weighted by atomic mass is 9.87. The third-order valence-electron chi connectivity index (χ3n) is 10.8. The highest BCUT2D eigenvalue weighted by Gasteiger charge is 2.18. The molecular formula is C50H35NO. The summed E-state index contributed by atoms with van der Waals surface area (Å²) in [5.41, 5.74) is 12.3. The van der Waals surface area contributed by atoms with E-state index in [2.05, 4.69) is 165 Å². The van der Waals surface area contributed by atoms with Crippen LogP contribution in [0, 0.1) is 0 Å². The monoisotopic (exact) mass is 665 g/mol. The molecule has 0 bridgehead atoms. The first-order valence-electron chi connectivity index (χ1n) is 18.1. The van der Waals surface area contributed by atoms with Gasteiger partial charge in [-0.25, -0.2) is 4.99 Å². The summed E-state index contributed by atoms with van der Waals surface area (Å²) in [6, 6.07) is 58.8. The fourth-order valence-corrected chi connectivity index (χ4v) is 8.16. The maximum Gasteiger partial charge on any atom is 0.135 e. The van der Waals surface area contributed by atoms with Crippen molar-refractivity contribution < 1.29 is 4.42 Å². The number of furan rings is 1. The Morgan fingerprint density at radius 2 is 1.06 bits per heavy atom. The summed E-state index contributed by atoms with van der Waals surface area (Å²) in [5.74, 6) is 0. The molecule has 1 aliphatic rings. The Hall–Kier alpha value is -6.51. The van der Waals surface area contributed by atoms with E-state index in [9.17, 15) is 0 Å². The smallest absolute Gasteiger partial charge is 0.135 e. The van der Waals surface area contributed by atoms with Crippen LogP contribution >= 0.6 is 0 Å². The molecule has 0 amide bonds. The Morgan fingerprint density at radius 1 is 0.442 bits per heavy atom. The van der Waals surface area contributed by atoms with Crippen LogP contribution in [-0.2, 0) is 0 Å². The van der Waals surface area contributed by atoms with Gasteiger partial charge < -0.3 is 4.42 Å². The van der Waals surface area contributed by atoms with Gasteiger partial charge in [0.15, 0.2) is 0 Å². The van der Waals surface area contributed by atoms with Crippen LogP contribution in [0.15, 0.2) is 185 Å². The summed E-state index contributed by atoms with van der Waals surface area (Å²) in [5, 5.41) is 9.79. The fourth-order valence-electron chi connectivity index (χ4n) is 8.16. The molecule has 246 valence electrons. The molecule has 0 saturated heterocycles. The van der Waals surface area contributed by atoms with E-state index in [0.717, 1.165) is 57.3 Å². The van der Waals surface area contributed by atoms with Crippen molar-refractivity contribution in [2.24, 2.45) is 4.99 Å². The predicted molar refractivity (Wildman–Crippen MR) is 221 cm³/mol. The topological polar surface area (TPSA) is 25.5 Å². The van der Waals surface area contributed by atoms with Gasteiger partial charge in [-0.15, -0.1) is 0 Å². The van der Waals surface area contributed by atoms with E-state index in [1.165, 1.54) is 60.2 Å². The second-order valence-corrected chi connectivity index (χ2v) is 13.9. The SMILES string of the molecule is C\C1=C(c2ccc3c4ccccc4c4cccc(-c5ccc6oc7ccccc7c6c5)c4c3c2)/N=C(c2ccccc2)\C=C(\c2ccccc2)CC1. The van der Waals surface area contributed by atoms with Gasteiger partial charge in [0.2, 0.25) is 0 Å². The van der Waals surface area contributed by atoms with E-state index in [-0.39, 0.29) is 0 Å². The Kier molecular flexibility index (Phi) is 7.21. The molecule has 0 spiro atoms. The summed E-state index contributed by atoms with van der Waals surface area (Å²) in [4.78, 5) is 5.53. The highest BCUT2D eigenvalue weighted by atomic mass is 16.3. The first-order chi connectivity index (χ1) is 25.7. The quantitative estimate of drug-likeness (QED) is 0.172. The normalized spacial score (nSPS) is 17.2. The Morgan fingerprint density at radius 3 is 1.87 bits per heavy atom. The first kappa shape index (κ1) is 30.3. The van der Waals surface area contributed by atoms with Crippen molar-refractivity contribution in [1.29, 1.82) is 0 Å². The van der Waals surface area contributed by atoms with Crippen molar-refractivity contribution in [1.82, 2.24) is 0 Å². The molecule has 8 aromatic carbocycles.